The number of esters is 1. The van der Waals surface area contributed by atoms with Crippen LogP contribution in [-0.4, -0.2) is 55.0 Å². The highest BCUT2D eigenvalue weighted by molar-refractivity contribution is 5.84. The van der Waals surface area contributed by atoms with Crippen LogP contribution in [-0.2, 0) is 19.1 Å². The first kappa shape index (κ1) is 19.2. The standard InChI is InChI=1S/C15H26N2O6/c1-6-22-13(20)10-8(7-16-5)9(10)11(12(18)19)17-14(21)23-15(2,3)4/h8-11,16H,6-7H2,1-5H3,(H,17,21)(H,18,19)/t8?,9?,10?,11-/m0/s1. The Labute approximate surface area is 135 Å². The molecule has 23 heavy (non-hydrogen) atoms. The Hall–Kier alpha value is -1.83. The number of alkyl carbamates (subject to hydrolysis) is 1. The van der Waals surface area contributed by atoms with Gasteiger partial charge >= 0.3 is 18.0 Å². The van der Waals surface area contributed by atoms with Gasteiger partial charge in [-0.2, -0.15) is 0 Å². The number of carboxylic acid groups (broad SMARTS) is 1. The van der Waals surface area contributed by atoms with Gasteiger partial charge in [-0.05, 0) is 47.2 Å². The lowest BCUT2D eigenvalue weighted by Gasteiger charge is -2.22. The van der Waals surface area contributed by atoms with Gasteiger partial charge in [-0.25, -0.2) is 9.59 Å². The van der Waals surface area contributed by atoms with Gasteiger partial charge in [0.2, 0.25) is 0 Å². The maximum Gasteiger partial charge on any atom is 0.408 e. The van der Waals surface area contributed by atoms with E-state index in [0.29, 0.717) is 6.54 Å². The van der Waals surface area contributed by atoms with Gasteiger partial charge in [0.1, 0.15) is 11.6 Å². The summed E-state index contributed by atoms with van der Waals surface area (Å²) < 4.78 is 10.1. The maximum atomic E-state index is 12.0. The van der Waals surface area contributed by atoms with Crippen LogP contribution in [0.15, 0.2) is 0 Å². The molecule has 1 rings (SSSR count). The number of rotatable bonds is 7. The van der Waals surface area contributed by atoms with Gasteiger partial charge in [0.05, 0.1) is 12.5 Å². The Morgan fingerprint density at radius 3 is 2.30 bits per heavy atom. The van der Waals surface area contributed by atoms with Crippen molar-refractivity contribution in [1.29, 1.82) is 0 Å². The van der Waals surface area contributed by atoms with E-state index in [0.717, 1.165) is 0 Å². The Morgan fingerprint density at radius 1 is 1.26 bits per heavy atom. The van der Waals surface area contributed by atoms with E-state index in [4.69, 9.17) is 9.47 Å². The Morgan fingerprint density at radius 2 is 1.87 bits per heavy atom. The van der Waals surface area contributed by atoms with Crippen molar-refractivity contribution in [2.24, 2.45) is 17.8 Å². The summed E-state index contributed by atoms with van der Waals surface area (Å²) in [6.45, 7) is 7.44. The number of carbonyl (C=O) groups is 3. The van der Waals surface area contributed by atoms with Gasteiger partial charge in [0, 0.05) is 5.92 Å². The highest BCUT2D eigenvalue weighted by Gasteiger charge is 2.61. The quantitative estimate of drug-likeness (QED) is 0.586. The van der Waals surface area contributed by atoms with E-state index in [2.05, 4.69) is 10.6 Å². The number of carboxylic acids is 1. The molecule has 1 aliphatic carbocycles. The molecule has 0 aromatic rings. The van der Waals surface area contributed by atoms with Gasteiger partial charge in [0.25, 0.3) is 0 Å². The summed E-state index contributed by atoms with van der Waals surface area (Å²) in [6.07, 6.45) is -0.817. The molecule has 1 saturated carbocycles. The molecule has 4 atom stereocenters. The second-order valence-corrected chi connectivity index (χ2v) is 6.54. The molecule has 3 unspecified atom stereocenters. The molecule has 0 heterocycles. The summed E-state index contributed by atoms with van der Waals surface area (Å²) in [6, 6.07) is -1.20. The van der Waals surface area contributed by atoms with E-state index >= 15 is 0 Å². The van der Waals surface area contributed by atoms with E-state index in [-0.39, 0.29) is 12.5 Å². The zero-order valence-corrected chi connectivity index (χ0v) is 14.2. The van der Waals surface area contributed by atoms with Crippen molar-refractivity contribution >= 4 is 18.0 Å². The van der Waals surface area contributed by atoms with E-state index in [1.807, 2.05) is 0 Å². The summed E-state index contributed by atoms with van der Waals surface area (Å²) in [4.78, 5) is 35.3. The van der Waals surface area contributed by atoms with Crippen molar-refractivity contribution in [3.05, 3.63) is 0 Å². The van der Waals surface area contributed by atoms with Crippen LogP contribution in [0.4, 0.5) is 4.79 Å². The van der Waals surface area contributed by atoms with Gasteiger partial charge in [-0.1, -0.05) is 0 Å². The van der Waals surface area contributed by atoms with Gasteiger partial charge in [-0.15, -0.1) is 0 Å². The maximum absolute atomic E-state index is 12.0. The number of hydrogen-bond donors (Lipinski definition) is 3. The average molecular weight is 330 g/mol. The average Bonchev–Trinajstić information content (AvgIpc) is 3.08. The zero-order valence-electron chi connectivity index (χ0n) is 14.2. The fourth-order valence-corrected chi connectivity index (χ4v) is 2.68. The zero-order chi connectivity index (χ0) is 17.8. The summed E-state index contributed by atoms with van der Waals surface area (Å²) in [5.41, 5.74) is -0.735. The second-order valence-electron chi connectivity index (χ2n) is 6.54. The van der Waals surface area contributed by atoms with Crippen molar-refractivity contribution in [2.75, 3.05) is 20.2 Å². The SMILES string of the molecule is CCOC(=O)C1C(CNC)C1[C@H](NC(=O)OC(C)(C)C)C(=O)O. The van der Waals surface area contributed by atoms with Crippen LogP contribution >= 0.6 is 0 Å². The fourth-order valence-electron chi connectivity index (χ4n) is 2.68. The minimum absolute atomic E-state index is 0.199. The largest absolute Gasteiger partial charge is 0.480 e. The Balaban J connectivity index is 2.81. The predicted octanol–water partition coefficient (Wildman–Crippen LogP) is 0.609. The number of ether oxygens (including phenoxy) is 2. The summed E-state index contributed by atoms with van der Waals surface area (Å²) >= 11 is 0. The first-order valence-electron chi connectivity index (χ1n) is 7.66. The third kappa shape index (κ3) is 5.38. The van der Waals surface area contributed by atoms with E-state index in [1.165, 1.54) is 0 Å². The monoisotopic (exact) mass is 330 g/mol. The predicted molar refractivity (Wildman–Crippen MR) is 81.8 cm³/mol. The van der Waals surface area contributed by atoms with Crippen molar-refractivity contribution in [1.82, 2.24) is 10.6 Å². The minimum Gasteiger partial charge on any atom is -0.480 e. The molecule has 0 aromatic heterocycles. The van der Waals surface area contributed by atoms with Crippen molar-refractivity contribution in [3.63, 3.8) is 0 Å². The molecule has 1 amide bonds. The topological polar surface area (TPSA) is 114 Å². The molecule has 0 saturated heterocycles. The summed E-state index contributed by atoms with van der Waals surface area (Å²) in [5, 5.41) is 14.7. The molecule has 1 fully saturated rings. The van der Waals surface area contributed by atoms with Crippen LogP contribution < -0.4 is 10.6 Å². The number of nitrogens with one attached hydrogen (secondary N) is 2. The van der Waals surface area contributed by atoms with Crippen molar-refractivity contribution in [3.8, 4) is 0 Å². The van der Waals surface area contributed by atoms with Gasteiger partial charge in [-0.3, -0.25) is 4.79 Å². The highest BCUT2D eigenvalue weighted by Crippen LogP contribution is 2.49. The van der Waals surface area contributed by atoms with Gasteiger partial charge < -0.3 is 25.2 Å². The first-order chi connectivity index (χ1) is 10.6. The van der Waals surface area contributed by atoms with Gasteiger partial charge in [0.15, 0.2) is 0 Å². The Kier molecular flexibility index (Phi) is 6.37. The van der Waals surface area contributed by atoms with Crippen LogP contribution in [0.1, 0.15) is 27.7 Å². The molecular weight excluding hydrogens is 304 g/mol. The fraction of sp³-hybridized carbons (Fsp3) is 0.800. The normalized spacial score (nSPS) is 24.5. The van der Waals surface area contributed by atoms with Crippen LogP contribution in [0.2, 0.25) is 0 Å². The third-order valence-corrected chi connectivity index (χ3v) is 3.55. The molecule has 0 aliphatic heterocycles. The molecule has 132 valence electrons. The summed E-state index contributed by atoms with van der Waals surface area (Å²) in [5.74, 6) is -2.90. The van der Waals surface area contributed by atoms with Crippen molar-refractivity contribution < 1.29 is 29.0 Å². The van der Waals surface area contributed by atoms with E-state index in [9.17, 15) is 19.5 Å². The minimum atomic E-state index is -1.20. The molecule has 0 aromatic carbocycles. The third-order valence-electron chi connectivity index (χ3n) is 3.55. The lowest BCUT2D eigenvalue weighted by Crippen LogP contribution is -2.45. The van der Waals surface area contributed by atoms with Crippen LogP contribution in [0.3, 0.4) is 0 Å². The van der Waals surface area contributed by atoms with E-state index in [1.54, 1.807) is 34.7 Å². The molecule has 3 N–H and O–H groups in total. The van der Waals surface area contributed by atoms with Crippen LogP contribution in [0, 0.1) is 17.8 Å². The molecule has 8 heteroatoms. The number of hydrogen-bond acceptors (Lipinski definition) is 6. The lowest BCUT2D eigenvalue weighted by atomic mass is 10.1. The summed E-state index contributed by atoms with van der Waals surface area (Å²) in [7, 11) is 1.72. The number of amides is 1. The molecule has 0 bridgehead atoms. The highest BCUT2D eigenvalue weighted by atomic mass is 16.6. The molecule has 8 nitrogen and oxygen atoms in total. The smallest absolute Gasteiger partial charge is 0.408 e. The lowest BCUT2D eigenvalue weighted by molar-refractivity contribution is -0.145. The molecule has 0 radical (unpaired) electrons. The Bertz CT molecular complexity index is 459. The van der Waals surface area contributed by atoms with Crippen molar-refractivity contribution in [2.45, 2.75) is 39.3 Å². The van der Waals surface area contributed by atoms with Crippen LogP contribution in [0.5, 0.6) is 0 Å². The first-order valence-corrected chi connectivity index (χ1v) is 7.66. The molecule has 1 aliphatic rings. The molecule has 0 spiro atoms. The number of carbonyl (C=O) groups excluding carboxylic acids is 2. The molecular formula is C15H26N2O6. The number of aliphatic carboxylic acids is 1. The van der Waals surface area contributed by atoms with Crippen LogP contribution in [0.25, 0.3) is 0 Å². The van der Waals surface area contributed by atoms with E-state index < -0.39 is 41.5 Å². The second kappa shape index (κ2) is 7.63.